The first kappa shape index (κ1) is 10.5. The molecule has 1 rings (SSSR count). The number of imidazole rings is 1. The molecular weight excluding hydrogens is 180 g/mol. The summed E-state index contributed by atoms with van der Waals surface area (Å²) in [6.07, 6.45) is 7.13. The number of hydrogen-bond acceptors (Lipinski definition) is 3. The Kier molecular flexibility index (Phi) is 4.43. The molecule has 0 unspecified atom stereocenters. The van der Waals surface area contributed by atoms with E-state index in [9.17, 15) is 4.79 Å². The van der Waals surface area contributed by atoms with Crippen LogP contribution in [-0.2, 0) is 4.79 Å². The molecule has 0 aliphatic carbocycles. The summed E-state index contributed by atoms with van der Waals surface area (Å²) in [7, 11) is 0. The van der Waals surface area contributed by atoms with Crippen LogP contribution in [0.25, 0.3) is 6.08 Å². The van der Waals surface area contributed by atoms with E-state index in [1.807, 2.05) is 0 Å². The van der Waals surface area contributed by atoms with Crippen molar-refractivity contribution in [1.82, 2.24) is 15.3 Å². The minimum atomic E-state index is -0.118. The molecule has 0 aromatic carbocycles. The third-order valence-corrected chi connectivity index (χ3v) is 1.61. The number of aromatic amines is 1. The van der Waals surface area contributed by atoms with E-state index in [1.54, 1.807) is 18.6 Å². The molecule has 14 heavy (non-hydrogen) atoms. The van der Waals surface area contributed by atoms with Crippen molar-refractivity contribution < 1.29 is 4.79 Å². The van der Waals surface area contributed by atoms with Gasteiger partial charge in [0.25, 0.3) is 0 Å². The van der Waals surface area contributed by atoms with Gasteiger partial charge in [0.05, 0.1) is 18.2 Å². The van der Waals surface area contributed by atoms with E-state index in [0.29, 0.717) is 13.1 Å². The summed E-state index contributed by atoms with van der Waals surface area (Å²) in [5, 5.41) is 2.71. The van der Waals surface area contributed by atoms with Crippen molar-refractivity contribution in [3.8, 4) is 0 Å². The quantitative estimate of drug-likeness (QED) is 0.451. The molecule has 0 bridgehead atoms. The molecule has 76 valence electrons. The molecule has 0 saturated heterocycles. The molecule has 1 amide bonds. The van der Waals surface area contributed by atoms with Crippen molar-refractivity contribution in [2.24, 2.45) is 5.73 Å². The summed E-state index contributed by atoms with van der Waals surface area (Å²) in [5.74, 6) is -0.118. The summed E-state index contributed by atoms with van der Waals surface area (Å²) >= 11 is 0. The fourth-order valence-corrected chi connectivity index (χ4v) is 0.896. The molecule has 1 aromatic rings. The van der Waals surface area contributed by atoms with Gasteiger partial charge in [-0.25, -0.2) is 4.98 Å². The van der Waals surface area contributed by atoms with E-state index in [1.165, 1.54) is 6.08 Å². The van der Waals surface area contributed by atoms with Crippen molar-refractivity contribution in [1.29, 1.82) is 0 Å². The van der Waals surface area contributed by atoms with Crippen molar-refractivity contribution in [3.05, 3.63) is 24.3 Å². The lowest BCUT2D eigenvalue weighted by atomic mass is 10.3. The SMILES string of the molecule is NCCCNC(=O)C=Cc1cnc[nH]1. The number of nitrogens with zero attached hydrogens (tertiary/aromatic N) is 1. The van der Waals surface area contributed by atoms with Gasteiger partial charge in [-0.05, 0) is 19.0 Å². The maximum absolute atomic E-state index is 11.1. The van der Waals surface area contributed by atoms with Gasteiger partial charge in [0.2, 0.25) is 5.91 Å². The third-order valence-electron chi connectivity index (χ3n) is 1.61. The highest BCUT2D eigenvalue weighted by Gasteiger charge is 1.93. The van der Waals surface area contributed by atoms with Crippen LogP contribution in [0.2, 0.25) is 0 Å². The maximum Gasteiger partial charge on any atom is 0.244 e. The zero-order valence-electron chi connectivity index (χ0n) is 7.86. The average Bonchev–Trinajstić information content (AvgIpc) is 2.68. The number of carbonyl (C=O) groups excluding carboxylic acids is 1. The smallest absolute Gasteiger partial charge is 0.244 e. The summed E-state index contributed by atoms with van der Waals surface area (Å²) in [4.78, 5) is 17.8. The predicted octanol–water partition coefficient (Wildman–Crippen LogP) is -0.112. The van der Waals surface area contributed by atoms with Gasteiger partial charge in [-0.1, -0.05) is 0 Å². The monoisotopic (exact) mass is 194 g/mol. The Labute approximate surface area is 82.4 Å². The van der Waals surface area contributed by atoms with Crippen LogP contribution in [0.5, 0.6) is 0 Å². The first-order chi connectivity index (χ1) is 6.83. The molecule has 0 radical (unpaired) electrons. The highest BCUT2D eigenvalue weighted by molar-refractivity contribution is 5.91. The van der Waals surface area contributed by atoms with E-state index in [4.69, 9.17) is 5.73 Å². The molecular formula is C9H14N4O. The summed E-state index contributed by atoms with van der Waals surface area (Å²) < 4.78 is 0. The van der Waals surface area contributed by atoms with Crippen LogP contribution in [0.1, 0.15) is 12.1 Å². The topological polar surface area (TPSA) is 83.8 Å². The Balaban J connectivity index is 2.26. The lowest BCUT2D eigenvalue weighted by Crippen LogP contribution is -2.23. The summed E-state index contributed by atoms with van der Waals surface area (Å²) in [5.41, 5.74) is 6.09. The van der Waals surface area contributed by atoms with Crippen LogP contribution in [0.4, 0.5) is 0 Å². The highest BCUT2D eigenvalue weighted by atomic mass is 16.1. The van der Waals surface area contributed by atoms with Gasteiger partial charge in [-0.2, -0.15) is 0 Å². The van der Waals surface area contributed by atoms with E-state index in [2.05, 4.69) is 15.3 Å². The Morgan fingerprint density at radius 1 is 1.71 bits per heavy atom. The fraction of sp³-hybridized carbons (Fsp3) is 0.333. The lowest BCUT2D eigenvalue weighted by molar-refractivity contribution is -0.116. The molecule has 1 aromatic heterocycles. The second-order valence-electron chi connectivity index (χ2n) is 2.77. The molecule has 4 N–H and O–H groups in total. The van der Waals surface area contributed by atoms with Gasteiger partial charge in [0.1, 0.15) is 0 Å². The summed E-state index contributed by atoms with van der Waals surface area (Å²) in [6, 6.07) is 0. The van der Waals surface area contributed by atoms with Crippen LogP contribution in [0, 0.1) is 0 Å². The number of nitrogens with one attached hydrogen (secondary N) is 2. The zero-order chi connectivity index (χ0) is 10.2. The lowest BCUT2D eigenvalue weighted by Gasteiger charge is -1.98. The Morgan fingerprint density at radius 3 is 3.21 bits per heavy atom. The maximum atomic E-state index is 11.1. The van der Waals surface area contributed by atoms with Crippen LogP contribution < -0.4 is 11.1 Å². The van der Waals surface area contributed by atoms with E-state index in [0.717, 1.165) is 12.1 Å². The molecule has 5 nitrogen and oxygen atoms in total. The first-order valence-corrected chi connectivity index (χ1v) is 4.47. The highest BCUT2D eigenvalue weighted by Crippen LogP contribution is 1.93. The fourth-order valence-electron chi connectivity index (χ4n) is 0.896. The first-order valence-electron chi connectivity index (χ1n) is 4.47. The second kappa shape index (κ2) is 5.93. The number of nitrogens with two attached hydrogens (primary N) is 1. The van der Waals surface area contributed by atoms with E-state index < -0.39 is 0 Å². The Hall–Kier alpha value is -1.62. The van der Waals surface area contributed by atoms with Crippen LogP contribution in [-0.4, -0.2) is 29.0 Å². The molecule has 0 saturated carbocycles. The minimum absolute atomic E-state index is 0.118. The molecule has 5 heteroatoms. The largest absolute Gasteiger partial charge is 0.353 e. The van der Waals surface area contributed by atoms with Gasteiger partial charge in [-0.15, -0.1) is 0 Å². The molecule has 1 heterocycles. The third kappa shape index (κ3) is 3.86. The van der Waals surface area contributed by atoms with Crippen LogP contribution in [0.15, 0.2) is 18.6 Å². The van der Waals surface area contributed by atoms with Crippen molar-refractivity contribution in [2.75, 3.05) is 13.1 Å². The number of carbonyl (C=O) groups is 1. The minimum Gasteiger partial charge on any atom is -0.353 e. The van der Waals surface area contributed by atoms with Gasteiger partial charge in [0, 0.05) is 12.6 Å². The van der Waals surface area contributed by atoms with Gasteiger partial charge in [-0.3, -0.25) is 4.79 Å². The molecule has 0 fully saturated rings. The second-order valence-corrected chi connectivity index (χ2v) is 2.77. The van der Waals surface area contributed by atoms with E-state index in [-0.39, 0.29) is 5.91 Å². The number of hydrogen-bond donors (Lipinski definition) is 3. The number of aromatic nitrogens is 2. The molecule has 0 aliphatic heterocycles. The van der Waals surface area contributed by atoms with Crippen molar-refractivity contribution in [2.45, 2.75) is 6.42 Å². The summed E-state index contributed by atoms with van der Waals surface area (Å²) in [6.45, 7) is 1.20. The zero-order valence-corrected chi connectivity index (χ0v) is 7.86. The number of rotatable bonds is 5. The van der Waals surface area contributed by atoms with Crippen LogP contribution >= 0.6 is 0 Å². The number of H-pyrrole nitrogens is 1. The molecule has 0 aliphatic rings. The van der Waals surface area contributed by atoms with Crippen molar-refractivity contribution >= 4 is 12.0 Å². The van der Waals surface area contributed by atoms with Gasteiger partial charge < -0.3 is 16.0 Å². The normalized spacial score (nSPS) is 10.6. The predicted molar refractivity (Wildman–Crippen MR) is 54.3 cm³/mol. The van der Waals surface area contributed by atoms with Gasteiger partial charge >= 0.3 is 0 Å². The standard InChI is InChI=1S/C9H14N4O/c10-4-1-5-12-9(14)3-2-8-6-11-7-13-8/h2-3,6-7H,1,4-5,10H2,(H,11,13)(H,12,14). The Bertz CT molecular complexity index is 292. The molecule has 0 spiro atoms. The number of amides is 1. The van der Waals surface area contributed by atoms with E-state index >= 15 is 0 Å². The Morgan fingerprint density at radius 2 is 2.57 bits per heavy atom. The van der Waals surface area contributed by atoms with Gasteiger partial charge in [0.15, 0.2) is 0 Å². The molecule has 0 atom stereocenters. The van der Waals surface area contributed by atoms with Crippen molar-refractivity contribution in [3.63, 3.8) is 0 Å². The average molecular weight is 194 g/mol. The van der Waals surface area contributed by atoms with Crippen LogP contribution in [0.3, 0.4) is 0 Å².